The van der Waals surface area contributed by atoms with Crippen molar-refractivity contribution in [2.75, 3.05) is 0 Å². The van der Waals surface area contributed by atoms with Gasteiger partial charge in [0, 0.05) is 6.04 Å². The van der Waals surface area contributed by atoms with Gasteiger partial charge >= 0.3 is 0 Å². The molecule has 1 saturated carbocycles. The van der Waals surface area contributed by atoms with Crippen LogP contribution in [-0.4, -0.2) is 6.04 Å². The molecule has 1 fully saturated rings. The molecule has 0 bridgehead atoms. The van der Waals surface area contributed by atoms with Gasteiger partial charge in [-0.05, 0) is 37.0 Å². The smallest absolute Gasteiger partial charge is 0.00981 e. The van der Waals surface area contributed by atoms with Crippen LogP contribution in [0.3, 0.4) is 0 Å². The number of rotatable bonds is 11. The summed E-state index contributed by atoms with van der Waals surface area (Å²) in [6, 6.07) is 0.448. The van der Waals surface area contributed by atoms with E-state index in [1.807, 2.05) is 0 Å². The Labute approximate surface area is 134 Å². The van der Waals surface area contributed by atoms with Crippen molar-refractivity contribution in [3.8, 4) is 0 Å². The number of hydrogen-bond acceptors (Lipinski definition) is 1. The Morgan fingerprint density at radius 1 is 0.952 bits per heavy atom. The highest BCUT2D eigenvalue weighted by Gasteiger charge is 2.42. The molecule has 0 aromatic heterocycles. The van der Waals surface area contributed by atoms with Crippen LogP contribution < -0.4 is 5.73 Å². The van der Waals surface area contributed by atoms with Gasteiger partial charge in [-0.25, -0.2) is 0 Å². The van der Waals surface area contributed by atoms with Crippen molar-refractivity contribution in [1.82, 2.24) is 0 Å². The second kappa shape index (κ2) is 10.6. The molecule has 1 heteroatoms. The van der Waals surface area contributed by atoms with Crippen LogP contribution >= 0.6 is 0 Å². The SMILES string of the molecule is CCCCCCCCCC(N)C1(CC)CCCCC1CC. The zero-order chi connectivity index (χ0) is 15.6. The fourth-order valence-electron chi connectivity index (χ4n) is 4.77. The monoisotopic (exact) mass is 295 g/mol. The highest BCUT2D eigenvalue weighted by Crippen LogP contribution is 2.48. The van der Waals surface area contributed by atoms with Crippen LogP contribution in [0.2, 0.25) is 0 Å². The molecule has 0 aromatic rings. The van der Waals surface area contributed by atoms with Crippen LogP contribution in [0, 0.1) is 11.3 Å². The Balaban J connectivity index is 2.32. The minimum Gasteiger partial charge on any atom is -0.327 e. The summed E-state index contributed by atoms with van der Waals surface area (Å²) >= 11 is 0. The van der Waals surface area contributed by atoms with Crippen LogP contribution in [0.15, 0.2) is 0 Å². The predicted molar refractivity (Wildman–Crippen MR) is 95.6 cm³/mol. The first-order valence-corrected chi connectivity index (χ1v) is 9.96. The van der Waals surface area contributed by atoms with Crippen molar-refractivity contribution >= 4 is 0 Å². The molecule has 0 amide bonds. The minimum atomic E-state index is 0.448. The molecular weight excluding hydrogens is 254 g/mol. The van der Waals surface area contributed by atoms with Crippen molar-refractivity contribution in [2.24, 2.45) is 17.1 Å². The third-order valence-corrected chi connectivity index (χ3v) is 6.27. The Morgan fingerprint density at radius 3 is 2.24 bits per heavy atom. The predicted octanol–water partition coefficient (Wildman–Crippen LogP) is 6.45. The Kier molecular flexibility index (Phi) is 9.64. The van der Waals surface area contributed by atoms with Gasteiger partial charge in [-0.3, -0.25) is 0 Å². The lowest BCUT2D eigenvalue weighted by atomic mass is 9.59. The average molecular weight is 296 g/mol. The van der Waals surface area contributed by atoms with Gasteiger partial charge in [0.1, 0.15) is 0 Å². The second-order valence-corrected chi connectivity index (χ2v) is 7.45. The maximum atomic E-state index is 6.72. The first-order chi connectivity index (χ1) is 10.2. The summed E-state index contributed by atoms with van der Waals surface area (Å²) in [5.74, 6) is 0.885. The third kappa shape index (κ3) is 5.58. The van der Waals surface area contributed by atoms with E-state index in [4.69, 9.17) is 5.73 Å². The zero-order valence-electron chi connectivity index (χ0n) is 15.1. The Bertz CT molecular complexity index is 250. The fourth-order valence-corrected chi connectivity index (χ4v) is 4.77. The highest BCUT2D eigenvalue weighted by molar-refractivity contribution is 4.95. The molecule has 1 rings (SSSR count). The van der Waals surface area contributed by atoms with E-state index in [1.165, 1.54) is 89.9 Å². The van der Waals surface area contributed by atoms with E-state index in [9.17, 15) is 0 Å². The Hall–Kier alpha value is -0.0400. The average Bonchev–Trinajstić information content (AvgIpc) is 2.53. The summed E-state index contributed by atoms with van der Waals surface area (Å²) in [6.45, 7) is 7.05. The van der Waals surface area contributed by atoms with E-state index >= 15 is 0 Å². The molecule has 0 aliphatic heterocycles. The van der Waals surface area contributed by atoms with Gasteiger partial charge in [0.15, 0.2) is 0 Å². The molecule has 0 saturated heterocycles. The number of nitrogens with two attached hydrogens (primary N) is 1. The van der Waals surface area contributed by atoms with E-state index in [0.29, 0.717) is 11.5 Å². The van der Waals surface area contributed by atoms with Crippen molar-refractivity contribution in [1.29, 1.82) is 0 Å². The minimum absolute atomic E-state index is 0.448. The molecule has 3 atom stereocenters. The van der Waals surface area contributed by atoms with E-state index < -0.39 is 0 Å². The van der Waals surface area contributed by atoms with Crippen LogP contribution in [0.25, 0.3) is 0 Å². The quantitative estimate of drug-likeness (QED) is 0.435. The molecule has 0 heterocycles. The lowest BCUT2D eigenvalue weighted by molar-refractivity contribution is 0.0494. The summed E-state index contributed by atoms with van der Waals surface area (Å²) < 4.78 is 0. The molecule has 1 aliphatic carbocycles. The lowest BCUT2D eigenvalue weighted by Gasteiger charge is -2.48. The van der Waals surface area contributed by atoms with Crippen molar-refractivity contribution in [3.05, 3.63) is 0 Å². The maximum absolute atomic E-state index is 6.72. The first-order valence-electron chi connectivity index (χ1n) is 9.96. The van der Waals surface area contributed by atoms with E-state index in [1.54, 1.807) is 0 Å². The summed E-state index contributed by atoms with van der Waals surface area (Å²) in [7, 11) is 0. The van der Waals surface area contributed by atoms with E-state index in [0.717, 1.165) is 5.92 Å². The molecule has 3 unspecified atom stereocenters. The molecule has 0 spiro atoms. The van der Waals surface area contributed by atoms with Crippen LogP contribution in [0.4, 0.5) is 0 Å². The molecule has 126 valence electrons. The largest absolute Gasteiger partial charge is 0.327 e. The molecule has 0 radical (unpaired) electrons. The highest BCUT2D eigenvalue weighted by atomic mass is 14.7. The van der Waals surface area contributed by atoms with Gasteiger partial charge in [-0.2, -0.15) is 0 Å². The van der Waals surface area contributed by atoms with Gasteiger partial charge in [-0.15, -0.1) is 0 Å². The summed E-state index contributed by atoms with van der Waals surface area (Å²) in [5, 5.41) is 0. The van der Waals surface area contributed by atoms with Crippen molar-refractivity contribution in [3.63, 3.8) is 0 Å². The van der Waals surface area contributed by atoms with E-state index in [-0.39, 0.29) is 0 Å². The summed E-state index contributed by atoms with van der Waals surface area (Å²) in [6.07, 6.45) is 19.3. The topological polar surface area (TPSA) is 26.0 Å². The van der Waals surface area contributed by atoms with Gasteiger partial charge in [0.05, 0.1) is 0 Å². The summed E-state index contributed by atoms with van der Waals surface area (Å²) in [5.41, 5.74) is 7.19. The van der Waals surface area contributed by atoms with E-state index in [2.05, 4.69) is 20.8 Å². The standard InChI is InChI=1S/C20H41N/c1-4-7-8-9-10-11-12-16-19(21)20(6-3)17-14-13-15-18(20)5-2/h18-19H,4-17,21H2,1-3H3. The van der Waals surface area contributed by atoms with Gasteiger partial charge in [0.2, 0.25) is 0 Å². The van der Waals surface area contributed by atoms with Crippen LogP contribution in [-0.2, 0) is 0 Å². The Morgan fingerprint density at radius 2 is 1.62 bits per heavy atom. The van der Waals surface area contributed by atoms with Gasteiger partial charge in [0.25, 0.3) is 0 Å². The van der Waals surface area contributed by atoms with Gasteiger partial charge < -0.3 is 5.73 Å². The van der Waals surface area contributed by atoms with Crippen LogP contribution in [0.5, 0.6) is 0 Å². The molecule has 21 heavy (non-hydrogen) atoms. The second-order valence-electron chi connectivity index (χ2n) is 7.45. The molecule has 2 N–H and O–H groups in total. The fraction of sp³-hybridized carbons (Fsp3) is 1.00. The first kappa shape index (κ1) is 19.0. The lowest BCUT2D eigenvalue weighted by Crippen LogP contribution is -2.48. The number of hydrogen-bond donors (Lipinski definition) is 1. The van der Waals surface area contributed by atoms with Crippen LogP contribution in [0.1, 0.15) is 111 Å². The van der Waals surface area contributed by atoms with Crippen molar-refractivity contribution in [2.45, 2.75) is 117 Å². The number of unbranched alkanes of at least 4 members (excludes halogenated alkanes) is 6. The van der Waals surface area contributed by atoms with Gasteiger partial charge in [-0.1, -0.05) is 85.0 Å². The summed E-state index contributed by atoms with van der Waals surface area (Å²) in [4.78, 5) is 0. The zero-order valence-corrected chi connectivity index (χ0v) is 15.1. The maximum Gasteiger partial charge on any atom is 0.00981 e. The molecular formula is C20H41N. The molecule has 0 aromatic carbocycles. The molecule has 1 aliphatic rings. The normalized spacial score (nSPS) is 27.7. The molecule has 1 nitrogen and oxygen atoms in total. The van der Waals surface area contributed by atoms with Crippen molar-refractivity contribution < 1.29 is 0 Å². The third-order valence-electron chi connectivity index (χ3n) is 6.27.